The standard InChI is InChI=1S/C34H36BrNO/c1-4-32(27-13-9-6-10-14-27)34(29-17-21-31(22-18-29)37-24-23-36(2)3)33(25-26-11-7-5-8-12-26)28-15-19-30(35)20-16-28/h5-22,33H,4,23-25H2,1-3H3. The summed E-state index contributed by atoms with van der Waals surface area (Å²) < 4.78 is 7.11. The number of nitrogens with zero attached hydrogens (tertiary/aromatic N) is 1. The molecule has 1 unspecified atom stereocenters. The molecule has 0 aliphatic rings. The first-order valence-electron chi connectivity index (χ1n) is 13.0. The molecule has 0 amide bonds. The van der Waals surface area contributed by atoms with E-state index in [9.17, 15) is 0 Å². The summed E-state index contributed by atoms with van der Waals surface area (Å²) in [6.07, 6.45) is 1.87. The Morgan fingerprint density at radius 2 is 1.38 bits per heavy atom. The number of hydrogen-bond acceptors (Lipinski definition) is 2. The predicted molar refractivity (Wildman–Crippen MR) is 161 cm³/mol. The second-order valence-electron chi connectivity index (χ2n) is 9.58. The van der Waals surface area contributed by atoms with Crippen LogP contribution in [0.2, 0.25) is 0 Å². The van der Waals surface area contributed by atoms with Crippen LogP contribution in [0.3, 0.4) is 0 Å². The van der Waals surface area contributed by atoms with E-state index < -0.39 is 0 Å². The Kier molecular flexibility index (Phi) is 9.76. The van der Waals surface area contributed by atoms with E-state index >= 15 is 0 Å². The van der Waals surface area contributed by atoms with Gasteiger partial charge in [-0.05, 0) is 84.6 Å². The minimum atomic E-state index is 0.200. The van der Waals surface area contributed by atoms with Crippen LogP contribution in [-0.2, 0) is 6.42 Å². The third-order valence-electron chi connectivity index (χ3n) is 6.68. The molecular formula is C34H36BrNO. The zero-order chi connectivity index (χ0) is 26.0. The van der Waals surface area contributed by atoms with Crippen LogP contribution < -0.4 is 4.74 Å². The van der Waals surface area contributed by atoms with Crippen LogP contribution in [0.4, 0.5) is 0 Å². The first-order valence-corrected chi connectivity index (χ1v) is 13.8. The Bertz CT molecular complexity index is 1260. The van der Waals surface area contributed by atoms with Gasteiger partial charge in [-0.1, -0.05) is 108 Å². The molecule has 2 nitrogen and oxygen atoms in total. The Hall–Kier alpha value is -3.14. The van der Waals surface area contributed by atoms with Gasteiger partial charge in [-0.2, -0.15) is 0 Å². The van der Waals surface area contributed by atoms with E-state index in [1.165, 1.54) is 33.4 Å². The molecule has 0 heterocycles. The zero-order valence-corrected chi connectivity index (χ0v) is 23.6. The zero-order valence-electron chi connectivity index (χ0n) is 22.0. The van der Waals surface area contributed by atoms with E-state index in [1.807, 2.05) is 0 Å². The molecule has 37 heavy (non-hydrogen) atoms. The molecule has 0 fully saturated rings. The summed E-state index contributed by atoms with van der Waals surface area (Å²) in [6.45, 7) is 3.83. The number of allylic oxidation sites excluding steroid dienone is 2. The van der Waals surface area contributed by atoms with E-state index in [-0.39, 0.29) is 5.92 Å². The molecular weight excluding hydrogens is 518 g/mol. The van der Waals surface area contributed by atoms with Crippen molar-refractivity contribution in [2.75, 3.05) is 27.2 Å². The number of benzene rings is 4. The fourth-order valence-corrected chi connectivity index (χ4v) is 5.05. The molecule has 0 saturated carbocycles. The molecule has 0 aromatic heterocycles. The Morgan fingerprint density at radius 3 is 1.97 bits per heavy atom. The number of hydrogen-bond donors (Lipinski definition) is 0. The van der Waals surface area contributed by atoms with E-state index in [2.05, 4.69) is 151 Å². The fourth-order valence-electron chi connectivity index (χ4n) is 4.78. The predicted octanol–water partition coefficient (Wildman–Crippen LogP) is 8.74. The van der Waals surface area contributed by atoms with Gasteiger partial charge in [-0.25, -0.2) is 0 Å². The SMILES string of the molecule is CCC(=C(c1ccc(OCCN(C)C)cc1)C(Cc1ccccc1)c1ccc(Br)cc1)c1ccccc1. The molecule has 190 valence electrons. The Labute approximate surface area is 230 Å². The second-order valence-corrected chi connectivity index (χ2v) is 10.5. The second kappa shape index (κ2) is 13.4. The van der Waals surface area contributed by atoms with Gasteiger partial charge in [0.2, 0.25) is 0 Å². The summed E-state index contributed by atoms with van der Waals surface area (Å²) in [7, 11) is 4.13. The van der Waals surface area contributed by atoms with Gasteiger partial charge in [0, 0.05) is 16.9 Å². The van der Waals surface area contributed by atoms with Crippen molar-refractivity contribution >= 4 is 27.1 Å². The largest absolute Gasteiger partial charge is 0.492 e. The molecule has 0 aliphatic carbocycles. The van der Waals surface area contributed by atoms with Crippen molar-refractivity contribution < 1.29 is 4.74 Å². The molecule has 0 spiro atoms. The van der Waals surface area contributed by atoms with Crippen LogP contribution in [0.15, 0.2) is 114 Å². The first kappa shape index (κ1) is 26.9. The summed E-state index contributed by atoms with van der Waals surface area (Å²) in [5.41, 5.74) is 7.92. The lowest BCUT2D eigenvalue weighted by atomic mass is 9.78. The summed E-state index contributed by atoms with van der Waals surface area (Å²) in [5, 5.41) is 0. The highest BCUT2D eigenvalue weighted by Crippen LogP contribution is 2.42. The highest BCUT2D eigenvalue weighted by Gasteiger charge is 2.23. The Balaban J connectivity index is 1.84. The van der Waals surface area contributed by atoms with Gasteiger partial charge in [-0.3, -0.25) is 0 Å². The summed E-state index contributed by atoms with van der Waals surface area (Å²) in [5.74, 6) is 1.11. The number of ether oxygens (including phenoxy) is 1. The molecule has 0 aliphatic heterocycles. The minimum absolute atomic E-state index is 0.200. The van der Waals surface area contributed by atoms with Crippen molar-refractivity contribution in [1.82, 2.24) is 4.90 Å². The molecule has 0 N–H and O–H groups in total. The van der Waals surface area contributed by atoms with Crippen molar-refractivity contribution in [3.8, 4) is 5.75 Å². The lowest BCUT2D eigenvalue weighted by molar-refractivity contribution is 0.261. The maximum Gasteiger partial charge on any atom is 0.119 e. The number of likely N-dealkylation sites (N-methyl/N-ethyl adjacent to an activating group) is 1. The smallest absolute Gasteiger partial charge is 0.119 e. The van der Waals surface area contributed by atoms with E-state index in [0.717, 1.165) is 29.6 Å². The number of rotatable bonds is 11. The highest BCUT2D eigenvalue weighted by molar-refractivity contribution is 9.10. The van der Waals surface area contributed by atoms with Gasteiger partial charge in [-0.15, -0.1) is 0 Å². The van der Waals surface area contributed by atoms with Crippen LogP contribution in [-0.4, -0.2) is 32.1 Å². The monoisotopic (exact) mass is 553 g/mol. The number of halogens is 1. The van der Waals surface area contributed by atoms with Crippen molar-refractivity contribution in [3.05, 3.63) is 136 Å². The quantitative estimate of drug-likeness (QED) is 0.172. The first-order chi connectivity index (χ1) is 18.0. The molecule has 4 aromatic carbocycles. The van der Waals surface area contributed by atoms with Gasteiger partial charge in [0.15, 0.2) is 0 Å². The molecule has 3 heteroatoms. The van der Waals surface area contributed by atoms with Gasteiger partial charge >= 0.3 is 0 Å². The van der Waals surface area contributed by atoms with Crippen molar-refractivity contribution in [3.63, 3.8) is 0 Å². The van der Waals surface area contributed by atoms with Crippen LogP contribution in [0.1, 0.15) is 41.5 Å². The normalized spacial score (nSPS) is 12.8. The van der Waals surface area contributed by atoms with Crippen LogP contribution in [0.5, 0.6) is 5.75 Å². The Morgan fingerprint density at radius 1 is 0.757 bits per heavy atom. The van der Waals surface area contributed by atoms with Gasteiger partial charge < -0.3 is 9.64 Å². The third-order valence-corrected chi connectivity index (χ3v) is 7.21. The topological polar surface area (TPSA) is 12.5 Å². The van der Waals surface area contributed by atoms with Crippen LogP contribution >= 0.6 is 15.9 Å². The van der Waals surface area contributed by atoms with Crippen molar-refractivity contribution in [2.24, 2.45) is 0 Å². The van der Waals surface area contributed by atoms with Gasteiger partial charge in [0.05, 0.1) is 0 Å². The lowest BCUT2D eigenvalue weighted by Crippen LogP contribution is -2.19. The van der Waals surface area contributed by atoms with Crippen molar-refractivity contribution in [1.29, 1.82) is 0 Å². The van der Waals surface area contributed by atoms with Crippen LogP contribution in [0.25, 0.3) is 11.1 Å². The summed E-state index contributed by atoms with van der Waals surface area (Å²) >= 11 is 3.63. The van der Waals surface area contributed by atoms with Gasteiger partial charge in [0.1, 0.15) is 12.4 Å². The van der Waals surface area contributed by atoms with Gasteiger partial charge in [0.25, 0.3) is 0 Å². The van der Waals surface area contributed by atoms with E-state index in [1.54, 1.807) is 0 Å². The van der Waals surface area contributed by atoms with Crippen molar-refractivity contribution in [2.45, 2.75) is 25.7 Å². The third kappa shape index (κ3) is 7.44. The highest BCUT2D eigenvalue weighted by atomic mass is 79.9. The molecule has 1 atom stereocenters. The van der Waals surface area contributed by atoms with Crippen LogP contribution in [0, 0.1) is 0 Å². The molecule has 0 radical (unpaired) electrons. The average molecular weight is 555 g/mol. The maximum absolute atomic E-state index is 6.01. The molecule has 0 saturated heterocycles. The summed E-state index contributed by atoms with van der Waals surface area (Å²) in [6, 6.07) is 39.2. The minimum Gasteiger partial charge on any atom is -0.492 e. The molecule has 4 rings (SSSR count). The lowest BCUT2D eigenvalue weighted by Gasteiger charge is -2.26. The maximum atomic E-state index is 6.01. The van der Waals surface area contributed by atoms with E-state index in [4.69, 9.17) is 4.74 Å². The summed E-state index contributed by atoms with van der Waals surface area (Å²) in [4.78, 5) is 2.13. The molecule has 4 aromatic rings. The molecule has 0 bridgehead atoms. The average Bonchev–Trinajstić information content (AvgIpc) is 2.92. The van der Waals surface area contributed by atoms with E-state index in [0.29, 0.717) is 6.61 Å². The fraction of sp³-hybridized carbons (Fsp3) is 0.235.